The highest BCUT2D eigenvalue weighted by Crippen LogP contribution is 2.38. The molecule has 2 heterocycles. The fourth-order valence-electron chi connectivity index (χ4n) is 6.50. The number of carbonyl (C=O) groups excluding carboxylic acids is 2. The summed E-state index contributed by atoms with van der Waals surface area (Å²) in [6.07, 6.45) is 0.267. The van der Waals surface area contributed by atoms with Gasteiger partial charge in [0.25, 0.3) is 0 Å². The summed E-state index contributed by atoms with van der Waals surface area (Å²) in [7, 11) is 0. The third kappa shape index (κ3) is 5.60. The molecule has 0 bridgehead atoms. The monoisotopic (exact) mass is 641 g/mol. The van der Waals surface area contributed by atoms with Gasteiger partial charge in [-0.1, -0.05) is 146 Å². The molecule has 7 heteroatoms. The van der Waals surface area contributed by atoms with Gasteiger partial charge in [0.2, 0.25) is 0 Å². The van der Waals surface area contributed by atoms with Gasteiger partial charge in [-0.2, -0.15) is 0 Å². The molecule has 1 aliphatic rings. The maximum Gasteiger partial charge on any atom is 0.198 e. The molecule has 238 valence electrons. The Balaban J connectivity index is 1.14. The molecule has 2 aromatic heterocycles. The molecule has 0 spiro atoms. The standard InChI is InChI=1S/C42H31N3O4/c46-40-32-23-13-14-24-33(32)41(47)42(40,27-35-45-37(29-17-7-2-8-18-29)39(49-35)31-21-11-4-12-22-31)43-26-25-34-44-36(28-15-5-1-6-16-28)38(48-34)30-19-9-3-10-20-30/h1-24,43H,25-27H2. The first-order valence-electron chi connectivity index (χ1n) is 16.3. The first-order chi connectivity index (χ1) is 24.1. The molecule has 0 aliphatic heterocycles. The molecule has 1 N–H and O–H groups in total. The van der Waals surface area contributed by atoms with Crippen molar-refractivity contribution in [1.82, 2.24) is 15.3 Å². The first-order valence-corrected chi connectivity index (χ1v) is 16.3. The van der Waals surface area contributed by atoms with E-state index in [1.165, 1.54) is 0 Å². The van der Waals surface area contributed by atoms with Crippen molar-refractivity contribution < 1.29 is 18.4 Å². The summed E-state index contributed by atoms with van der Waals surface area (Å²) in [4.78, 5) is 38.3. The van der Waals surface area contributed by atoms with Gasteiger partial charge < -0.3 is 8.83 Å². The van der Waals surface area contributed by atoms with E-state index in [0.29, 0.717) is 40.7 Å². The van der Waals surface area contributed by atoms with Crippen LogP contribution >= 0.6 is 0 Å². The third-order valence-corrected chi connectivity index (χ3v) is 8.88. The van der Waals surface area contributed by atoms with Crippen LogP contribution in [0.4, 0.5) is 0 Å². The molecule has 7 aromatic rings. The molecular weight excluding hydrogens is 610 g/mol. The van der Waals surface area contributed by atoms with Crippen LogP contribution in [0.25, 0.3) is 45.2 Å². The minimum Gasteiger partial charge on any atom is -0.440 e. The van der Waals surface area contributed by atoms with Crippen molar-refractivity contribution in [3.63, 3.8) is 0 Å². The lowest BCUT2D eigenvalue weighted by molar-refractivity contribution is 0.0747. The molecule has 0 radical (unpaired) electrons. The number of benzene rings is 5. The van der Waals surface area contributed by atoms with Crippen LogP contribution in [0.1, 0.15) is 32.5 Å². The van der Waals surface area contributed by atoms with Crippen LogP contribution in [0.2, 0.25) is 0 Å². The molecule has 0 amide bonds. The first kappa shape index (κ1) is 30.2. The van der Waals surface area contributed by atoms with Crippen LogP contribution in [0.5, 0.6) is 0 Å². The number of ketones is 2. The van der Waals surface area contributed by atoms with Crippen molar-refractivity contribution in [3.8, 4) is 45.2 Å². The molecule has 0 saturated heterocycles. The number of oxazole rings is 2. The van der Waals surface area contributed by atoms with E-state index >= 15 is 0 Å². The van der Waals surface area contributed by atoms with Crippen LogP contribution in [-0.2, 0) is 12.8 Å². The fourth-order valence-corrected chi connectivity index (χ4v) is 6.50. The van der Waals surface area contributed by atoms with Crippen molar-refractivity contribution in [2.45, 2.75) is 18.4 Å². The van der Waals surface area contributed by atoms with E-state index in [-0.39, 0.29) is 30.4 Å². The number of hydrogen-bond donors (Lipinski definition) is 1. The number of hydrogen-bond acceptors (Lipinski definition) is 7. The van der Waals surface area contributed by atoms with Gasteiger partial charge in [0.1, 0.15) is 11.4 Å². The summed E-state index contributed by atoms with van der Waals surface area (Å²) >= 11 is 0. The van der Waals surface area contributed by atoms with Gasteiger partial charge in [0.15, 0.2) is 40.4 Å². The Bertz CT molecular complexity index is 2110. The Labute approximate surface area is 283 Å². The van der Waals surface area contributed by atoms with Crippen molar-refractivity contribution in [3.05, 3.63) is 169 Å². The Morgan fingerprint density at radius 1 is 0.490 bits per heavy atom. The summed E-state index contributed by atoms with van der Waals surface area (Å²) in [5.41, 5.74) is 4.10. The number of rotatable bonds is 10. The SMILES string of the molecule is O=C1c2ccccc2C(=O)C1(Cc1nc(-c2ccccc2)c(-c2ccccc2)o1)NCCc1nc(-c2ccccc2)c(-c2ccccc2)o1. The van der Waals surface area contributed by atoms with E-state index in [9.17, 15) is 9.59 Å². The normalized spacial score (nSPS) is 13.5. The smallest absolute Gasteiger partial charge is 0.198 e. The maximum atomic E-state index is 14.2. The molecule has 7 nitrogen and oxygen atoms in total. The summed E-state index contributed by atoms with van der Waals surface area (Å²) < 4.78 is 12.8. The van der Waals surface area contributed by atoms with Gasteiger partial charge >= 0.3 is 0 Å². The summed E-state index contributed by atoms with van der Waals surface area (Å²) in [5.74, 6) is 1.40. The second kappa shape index (κ2) is 12.8. The second-order valence-electron chi connectivity index (χ2n) is 12.0. The van der Waals surface area contributed by atoms with Crippen LogP contribution in [0, 0.1) is 0 Å². The minimum atomic E-state index is -1.62. The lowest BCUT2D eigenvalue weighted by atomic mass is 9.89. The summed E-state index contributed by atoms with van der Waals surface area (Å²) in [5, 5.41) is 3.36. The predicted molar refractivity (Wildman–Crippen MR) is 188 cm³/mol. The highest BCUT2D eigenvalue weighted by molar-refractivity contribution is 6.33. The Hall–Kier alpha value is -6.18. The molecule has 5 aromatic carbocycles. The highest BCUT2D eigenvalue weighted by atomic mass is 16.4. The van der Waals surface area contributed by atoms with Gasteiger partial charge in [-0.3, -0.25) is 14.9 Å². The van der Waals surface area contributed by atoms with E-state index in [0.717, 1.165) is 27.9 Å². The lowest BCUT2D eigenvalue weighted by Gasteiger charge is -2.26. The van der Waals surface area contributed by atoms with Crippen molar-refractivity contribution >= 4 is 11.6 Å². The van der Waals surface area contributed by atoms with E-state index in [4.69, 9.17) is 18.8 Å². The summed E-state index contributed by atoms with van der Waals surface area (Å²) in [6, 6.07) is 46.2. The predicted octanol–water partition coefficient (Wildman–Crippen LogP) is 8.52. The number of Topliss-reactive ketones (excluding diaryl/α,β-unsaturated/α-hetero) is 2. The van der Waals surface area contributed by atoms with Crippen molar-refractivity contribution in [2.24, 2.45) is 0 Å². The average Bonchev–Trinajstić information content (AvgIpc) is 3.85. The van der Waals surface area contributed by atoms with Gasteiger partial charge in [-0.25, -0.2) is 9.97 Å². The van der Waals surface area contributed by atoms with Crippen molar-refractivity contribution in [1.29, 1.82) is 0 Å². The molecule has 0 saturated carbocycles. The zero-order chi connectivity index (χ0) is 33.2. The van der Waals surface area contributed by atoms with Crippen LogP contribution in [0.3, 0.4) is 0 Å². The zero-order valence-corrected chi connectivity index (χ0v) is 26.5. The van der Waals surface area contributed by atoms with Gasteiger partial charge in [-0.15, -0.1) is 0 Å². The van der Waals surface area contributed by atoms with E-state index in [2.05, 4.69) is 5.32 Å². The highest BCUT2D eigenvalue weighted by Gasteiger charge is 2.53. The van der Waals surface area contributed by atoms with Gasteiger partial charge in [-0.05, 0) is 0 Å². The molecular formula is C42H31N3O4. The van der Waals surface area contributed by atoms with Gasteiger partial charge in [0, 0.05) is 46.3 Å². The molecule has 49 heavy (non-hydrogen) atoms. The Morgan fingerprint density at radius 2 is 0.878 bits per heavy atom. The molecule has 0 atom stereocenters. The number of fused-ring (bicyclic) bond motifs is 1. The second-order valence-corrected chi connectivity index (χ2v) is 12.0. The van der Waals surface area contributed by atoms with Crippen LogP contribution in [-0.4, -0.2) is 33.6 Å². The average molecular weight is 642 g/mol. The van der Waals surface area contributed by atoms with Gasteiger partial charge in [0.05, 0.1) is 6.42 Å². The molecule has 0 fully saturated rings. The third-order valence-electron chi connectivity index (χ3n) is 8.88. The van der Waals surface area contributed by atoms with Crippen LogP contribution < -0.4 is 5.32 Å². The van der Waals surface area contributed by atoms with E-state index in [1.807, 2.05) is 121 Å². The Kier molecular flexibility index (Phi) is 7.87. The largest absolute Gasteiger partial charge is 0.440 e. The quantitative estimate of drug-likeness (QED) is 0.150. The zero-order valence-electron chi connectivity index (χ0n) is 26.5. The van der Waals surface area contributed by atoms with E-state index in [1.54, 1.807) is 24.3 Å². The molecule has 0 unspecified atom stereocenters. The number of nitrogens with zero attached hydrogens (tertiary/aromatic N) is 2. The minimum absolute atomic E-state index is 0.0673. The Morgan fingerprint density at radius 3 is 1.35 bits per heavy atom. The number of aromatic nitrogens is 2. The topological polar surface area (TPSA) is 98.2 Å². The number of carbonyl (C=O) groups is 2. The number of nitrogens with one attached hydrogen (secondary N) is 1. The molecule has 8 rings (SSSR count). The lowest BCUT2D eigenvalue weighted by Crippen LogP contribution is -2.56. The van der Waals surface area contributed by atoms with Crippen molar-refractivity contribution in [2.75, 3.05) is 6.54 Å². The fraction of sp³-hybridized carbons (Fsp3) is 0.0952. The van der Waals surface area contributed by atoms with E-state index < -0.39 is 5.54 Å². The molecule has 1 aliphatic carbocycles. The van der Waals surface area contributed by atoms with Crippen LogP contribution in [0.15, 0.2) is 154 Å². The summed E-state index contributed by atoms with van der Waals surface area (Å²) in [6.45, 7) is 0.242. The maximum absolute atomic E-state index is 14.2.